The zero-order valence-electron chi connectivity index (χ0n) is 16.7. The molecule has 2 aliphatic heterocycles. The van der Waals surface area contributed by atoms with Crippen molar-refractivity contribution in [2.24, 2.45) is 5.92 Å². The largest absolute Gasteiger partial charge is 0.326 e. The zero-order chi connectivity index (χ0) is 21.3. The smallest absolute Gasteiger partial charge is 0.259 e. The van der Waals surface area contributed by atoms with Gasteiger partial charge in [0.15, 0.2) is 0 Å². The lowest BCUT2D eigenvalue weighted by Gasteiger charge is -2.29. The van der Waals surface area contributed by atoms with E-state index in [1.807, 2.05) is 18.2 Å². The fourth-order valence-electron chi connectivity index (χ4n) is 4.01. The van der Waals surface area contributed by atoms with E-state index >= 15 is 0 Å². The summed E-state index contributed by atoms with van der Waals surface area (Å²) in [5.41, 5.74) is 3.02. The molecule has 0 bridgehead atoms. The van der Waals surface area contributed by atoms with E-state index in [9.17, 15) is 18.0 Å². The van der Waals surface area contributed by atoms with E-state index in [4.69, 9.17) is 0 Å². The summed E-state index contributed by atoms with van der Waals surface area (Å²) in [4.78, 5) is 31.3. The van der Waals surface area contributed by atoms with Crippen molar-refractivity contribution in [1.29, 1.82) is 0 Å². The number of aromatic nitrogens is 1. The predicted octanol–water partition coefficient (Wildman–Crippen LogP) is 1.89. The second-order valence-electron chi connectivity index (χ2n) is 7.72. The molecule has 9 heteroatoms. The molecule has 4 rings (SSSR count). The lowest BCUT2D eigenvalue weighted by atomic mass is 9.97. The van der Waals surface area contributed by atoms with E-state index in [-0.39, 0.29) is 17.7 Å². The van der Waals surface area contributed by atoms with Crippen molar-refractivity contribution >= 4 is 33.2 Å². The van der Waals surface area contributed by atoms with Crippen LogP contribution in [0.15, 0.2) is 42.7 Å². The number of benzene rings is 1. The molecular weight excluding hydrogens is 404 g/mol. The first kappa shape index (κ1) is 20.5. The van der Waals surface area contributed by atoms with E-state index in [1.165, 1.54) is 10.6 Å². The van der Waals surface area contributed by atoms with Crippen LogP contribution in [0.5, 0.6) is 0 Å². The number of nitrogens with one attached hydrogen (secondary N) is 1. The van der Waals surface area contributed by atoms with Crippen molar-refractivity contribution in [3.8, 4) is 0 Å². The minimum atomic E-state index is -3.22. The second kappa shape index (κ2) is 8.16. The number of pyridine rings is 1. The quantitative estimate of drug-likeness (QED) is 0.802. The van der Waals surface area contributed by atoms with Gasteiger partial charge in [0.2, 0.25) is 15.9 Å². The fourth-order valence-corrected chi connectivity index (χ4v) is 4.88. The first-order valence-electron chi connectivity index (χ1n) is 9.94. The minimum Gasteiger partial charge on any atom is -0.326 e. The van der Waals surface area contributed by atoms with Gasteiger partial charge < -0.3 is 10.2 Å². The highest BCUT2D eigenvalue weighted by atomic mass is 32.2. The molecule has 3 heterocycles. The molecule has 1 N–H and O–H groups in total. The van der Waals surface area contributed by atoms with E-state index < -0.39 is 10.0 Å². The summed E-state index contributed by atoms with van der Waals surface area (Å²) >= 11 is 0. The van der Waals surface area contributed by atoms with Crippen LogP contribution in [0.2, 0.25) is 0 Å². The van der Waals surface area contributed by atoms with Crippen LogP contribution in [0.25, 0.3) is 0 Å². The Kier molecular flexibility index (Phi) is 5.57. The van der Waals surface area contributed by atoms with E-state index in [0.29, 0.717) is 43.7 Å². The van der Waals surface area contributed by atoms with Gasteiger partial charge in [0.25, 0.3) is 5.91 Å². The summed E-state index contributed by atoms with van der Waals surface area (Å²) in [6, 6.07) is 9.09. The van der Waals surface area contributed by atoms with Crippen molar-refractivity contribution in [3.63, 3.8) is 0 Å². The first-order chi connectivity index (χ1) is 14.3. The van der Waals surface area contributed by atoms with Gasteiger partial charge in [-0.15, -0.1) is 0 Å². The summed E-state index contributed by atoms with van der Waals surface area (Å²) in [5, 5.41) is 2.94. The SMILES string of the molecule is CS(=O)(=O)N1CCC(C(=O)Nc2ccc3c(c2)N(C(=O)c2cccnc2)CC3)CC1. The summed E-state index contributed by atoms with van der Waals surface area (Å²) in [6.07, 6.45) is 6.12. The Morgan fingerprint density at radius 3 is 2.57 bits per heavy atom. The second-order valence-corrected chi connectivity index (χ2v) is 9.70. The van der Waals surface area contributed by atoms with Crippen molar-refractivity contribution in [1.82, 2.24) is 9.29 Å². The fraction of sp³-hybridized carbons (Fsp3) is 0.381. The van der Waals surface area contributed by atoms with Gasteiger partial charge >= 0.3 is 0 Å². The van der Waals surface area contributed by atoms with Crippen LogP contribution in [-0.2, 0) is 21.2 Å². The zero-order valence-corrected chi connectivity index (χ0v) is 17.6. The number of hydrogen-bond acceptors (Lipinski definition) is 5. The number of piperidine rings is 1. The minimum absolute atomic E-state index is 0.113. The van der Waals surface area contributed by atoms with Crippen LogP contribution < -0.4 is 10.2 Å². The summed E-state index contributed by atoms with van der Waals surface area (Å²) in [7, 11) is -3.22. The molecule has 1 aromatic heterocycles. The van der Waals surface area contributed by atoms with Gasteiger partial charge in [-0.3, -0.25) is 14.6 Å². The van der Waals surface area contributed by atoms with Gasteiger partial charge in [-0.2, -0.15) is 0 Å². The predicted molar refractivity (Wildman–Crippen MR) is 114 cm³/mol. The third kappa shape index (κ3) is 4.22. The van der Waals surface area contributed by atoms with Gasteiger partial charge in [0.1, 0.15) is 0 Å². The van der Waals surface area contributed by atoms with Crippen molar-refractivity contribution in [3.05, 3.63) is 53.9 Å². The molecular formula is C21H24N4O4S. The third-order valence-corrected chi connectivity index (χ3v) is 7.00. The maximum Gasteiger partial charge on any atom is 0.259 e. The number of carbonyl (C=O) groups excluding carboxylic acids is 2. The van der Waals surface area contributed by atoms with E-state index in [2.05, 4.69) is 10.3 Å². The molecule has 1 saturated heterocycles. The molecule has 0 atom stereocenters. The van der Waals surface area contributed by atoms with Gasteiger partial charge in [-0.05, 0) is 49.1 Å². The van der Waals surface area contributed by atoms with Gasteiger partial charge in [0, 0.05) is 49.3 Å². The molecule has 158 valence electrons. The number of amides is 2. The average Bonchev–Trinajstić information content (AvgIpc) is 3.16. The molecule has 2 aliphatic rings. The Morgan fingerprint density at radius 1 is 1.13 bits per heavy atom. The normalized spacial score (nSPS) is 17.6. The van der Waals surface area contributed by atoms with Gasteiger partial charge in [0.05, 0.1) is 11.8 Å². The van der Waals surface area contributed by atoms with Crippen LogP contribution in [0.4, 0.5) is 11.4 Å². The Morgan fingerprint density at radius 2 is 1.90 bits per heavy atom. The molecule has 30 heavy (non-hydrogen) atoms. The molecule has 1 aromatic carbocycles. The Bertz CT molecular complexity index is 1060. The van der Waals surface area contributed by atoms with E-state index in [0.717, 1.165) is 17.7 Å². The molecule has 2 aromatic rings. The molecule has 0 radical (unpaired) electrons. The van der Waals surface area contributed by atoms with Crippen LogP contribution in [0.1, 0.15) is 28.8 Å². The number of fused-ring (bicyclic) bond motifs is 1. The Hall–Kier alpha value is -2.78. The lowest BCUT2D eigenvalue weighted by molar-refractivity contribution is -0.120. The van der Waals surface area contributed by atoms with Gasteiger partial charge in [-0.1, -0.05) is 6.07 Å². The molecule has 2 amide bonds. The third-order valence-electron chi connectivity index (χ3n) is 5.70. The summed E-state index contributed by atoms with van der Waals surface area (Å²) in [5.74, 6) is -0.464. The molecule has 0 saturated carbocycles. The summed E-state index contributed by atoms with van der Waals surface area (Å²) < 4.78 is 24.7. The number of hydrogen-bond donors (Lipinski definition) is 1. The molecule has 1 fully saturated rings. The highest BCUT2D eigenvalue weighted by molar-refractivity contribution is 7.88. The Balaban J connectivity index is 1.45. The van der Waals surface area contributed by atoms with Crippen LogP contribution in [0.3, 0.4) is 0 Å². The lowest BCUT2D eigenvalue weighted by Crippen LogP contribution is -2.40. The van der Waals surface area contributed by atoms with Crippen LogP contribution in [0, 0.1) is 5.92 Å². The van der Waals surface area contributed by atoms with Crippen LogP contribution >= 0.6 is 0 Å². The number of nitrogens with zero attached hydrogens (tertiary/aromatic N) is 3. The maximum absolute atomic E-state index is 12.8. The van der Waals surface area contributed by atoms with E-state index in [1.54, 1.807) is 29.4 Å². The number of rotatable bonds is 4. The Labute approximate surface area is 175 Å². The molecule has 0 aliphatic carbocycles. The number of sulfonamides is 1. The standard InChI is InChI=1S/C21H24N4O4S/c1-30(28,29)24-10-6-16(7-11-24)20(26)23-18-5-4-15-8-12-25(19(15)13-18)21(27)17-3-2-9-22-14-17/h2-5,9,13-14,16H,6-8,10-12H2,1H3,(H,23,26). The van der Waals surface area contributed by atoms with Crippen molar-refractivity contribution in [2.75, 3.05) is 36.1 Å². The highest BCUT2D eigenvalue weighted by Gasteiger charge is 2.30. The number of carbonyl (C=O) groups is 2. The molecule has 0 spiro atoms. The monoisotopic (exact) mass is 428 g/mol. The molecule has 8 nitrogen and oxygen atoms in total. The van der Waals surface area contributed by atoms with Crippen molar-refractivity contribution < 1.29 is 18.0 Å². The number of anilines is 2. The van der Waals surface area contributed by atoms with Crippen molar-refractivity contribution in [2.45, 2.75) is 19.3 Å². The topological polar surface area (TPSA) is 99.7 Å². The highest BCUT2D eigenvalue weighted by Crippen LogP contribution is 2.32. The first-order valence-corrected chi connectivity index (χ1v) is 11.8. The van der Waals surface area contributed by atoms with Crippen LogP contribution in [-0.4, -0.2) is 55.4 Å². The van der Waals surface area contributed by atoms with Gasteiger partial charge in [-0.25, -0.2) is 12.7 Å². The molecule has 0 unspecified atom stereocenters. The summed E-state index contributed by atoms with van der Waals surface area (Å²) in [6.45, 7) is 1.30. The maximum atomic E-state index is 12.8. The average molecular weight is 429 g/mol.